The van der Waals surface area contributed by atoms with Crippen LogP contribution in [0.5, 0.6) is 0 Å². The molecule has 0 fully saturated rings. The van der Waals surface area contributed by atoms with Crippen molar-refractivity contribution in [1.29, 1.82) is 0 Å². The molecular weight excluding hydrogens is 262 g/mol. The van der Waals surface area contributed by atoms with Crippen molar-refractivity contribution < 1.29 is 19.5 Å². The minimum Gasteiger partial charge on any atom is -0.480 e. The Morgan fingerprint density at radius 2 is 2.20 bits per heavy atom. The maximum absolute atomic E-state index is 11.6. The van der Waals surface area contributed by atoms with Gasteiger partial charge in [-0.25, -0.2) is 4.79 Å². The second kappa shape index (κ2) is 8.08. The highest BCUT2D eigenvalue weighted by molar-refractivity contribution is 5.83. The van der Waals surface area contributed by atoms with Gasteiger partial charge in [0.05, 0.1) is 0 Å². The van der Waals surface area contributed by atoms with E-state index in [4.69, 9.17) is 5.11 Å². The molecule has 20 heavy (non-hydrogen) atoms. The van der Waals surface area contributed by atoms with E-state index in [2.05, 4.69) is 15.6 Å². The second-order valence-electron chi connectivity index (χ2n) is 4.55. The van der Waals surface area contributed by atoms with Gasteiger partial charge in [0, 0.05) is 38.7 Å². The average molecular weight is 281 g/mol. The Bertz CT molecular complexity index is 443. The van der Waals surface area contributed by atoms with Gasteiger partial charge < -0.3 is 15.7 Å². The molecule has 1 aliphatic rings. The number of amides is 2. The number of nitrogens with one attached hydrogen (secondary N) is 2. The number of carbonyl (C=O) groups is 3. The van der Waals surface area contributed by atoms with Crippen molar-refractivity contribution in [3.63, 3.8) is 0 Å². The van der Waals surface area contributed by atoms with Gasteiger partial charge in [0.2, 0.25) is 11.8 Å². The molecule has 0 bridgehead atoms. The number of carbonyl (C=O) groups excluding carboxylic acids is 2. The predicted molar refractivity (Wildman–Crippen MR) is 73.3 cm³/mol. The number of rotatable bonds is 8. The van der Waals surface area contributed by atoms with Gasteiger partial charge in [-0.05, 0) is 18.4 Å². The first-order valence-electron chi connectivity index (χ1n) is 6.45. The van der Waals surface area contributed by atoms with Crippen molar-refractivity contribution in [2.24, 2.45) is 4.99 Å². The highest BCUT2D eigenvalue weighted by Gasteiger charge is 2.19. The summed E-state index contributed by atoms with van der Waals surface area (Å²) in [5.41, 5.74) is 1.16. The number of hydrogen-bond acceptors (Lipinski definition) is 4. The third-order valence-corrected chi connectivity index (χ3v) is 2.82. The zero-order valence-corrected chi connectivity index (χ0v) is 11.4. The monoisotopic (exact) mass is 281 g/mol. The van der Waals surface area contributed by atoms with Crippen LogP contribution >= 0.6 is 0 Å². The molecule has 110 valence electrons. The van der Waals surface area contributed by atoms with Crippen molar-refractivity contribution >= 4 is 24.0 Å². The van der Waals surface area contributed by atoms with Crippen LogP contribution < -0.4 is 10.6 Å². The maximum Gasteiger partial charge on any atom is 0.326 e. The molecular formula is C13H19N3O4. The SMILES string of the molecule is CC(=O)NC(CCC(=O)NCCC1=CN=CC1)C(=O)O. The Hall–Kier alpha value is -2.18. The molecule has 3 N–H and O–H groups in total. The lowest BCUT2D eigenvalue weighted by molar-refractivity contribution is -0.141. The first-order valence-corrected chi connectivity index (χ1v) is 6.45. The predicted octanol–water partition coefficient (Wildman–Crippen LogP) is 0.221. The third-order valence-electron chi connectivity index (χ3n) is 2.82. The minimum atomic E-state index is -1.14. The van der Waals surface area contributed by atoms with Gasteiger partial charge in [0.1, 0.15) is 6.04 Å². The summed E-state index contributed by atoms with van der Waals surface area (Å²) in [6.07, 6.45) is 5.28. The van der Waals surface area contributed by atoms with Crippen molar-refractivity contribution in [2.45, 2.75) is 38.6 Å². The fraction of sp³-hybridized carbons (Fsp3) is 0.538. The quantitative estimate of drug-likeness (QED) is 0.591. The average Bonchev–Trinajstić information content (AvgIpc) is 2.86. The van der Waals surface area contributed by atoms with E-state index >= 15 is 0 Å². The standard InChI is InChI=1S/C13H19N3O4/c1-9(17)16-11(13(19)20)2-3-12(18)15-7-5-10-4-6-14-8-10/h6,8,11H,2-5,7H2,1H3,(H,15,18)(H,16,17)(H,19,20). The van der Waals surface area contributed by atoms with Gasteiger partial charge >= 0.3 is 5.97 Å². The largest absolute Gasteiger partial charge is 0.480 e. The van der Waals surface area contributed by atoms with Crippen LogP contribution in [0.4, 0.5) is 0 Å². The van der Waals surface area contributed by atoms with E-state index in [0.717, 1.165) is 18.4 Å². The van der Waals surface area contributed by atoms with Crippen LogP contribution in [0.25, 0.3) is 0 Å². The molecule has 1 unspecified atom stereocenters. The first-order chi connectivity index (χ1) is 9.49. The fourth-order valence-corrected chi connectivity index (χ4v) is 1.78. The molecule has 2 amide bonds. The molecule has 1 heterocycles. The van der Waals surface area contributed by atoms with E-state index in [1.807, 2.05) is 6.21 Å². The number of carboxylic acids is 1. The third kappa shape index (κ3) is 6.12. The highest BCUT2D eigenvalue weighted by atomic mass is 16.4. The zero-order valence-electron chi connectivity index (χ0n) is 11.4. The smallest absolute Gasteiger partial charge is 0.326 e. The van der Waals surface area contributed by atoms with E-state index in [1.165, 1.54) is 6.92 Å². The van der Waals surface area contributed by atoms with Crippen LogP contribution in [0, 0.1) is 0 Å². The molecule has 7 nitrogen and oxygen atoms in total. The van der Waals surface area contributed by atoms with Crippen molar-refractivity contribution in [3.05, 3.63) is 11.8 Å². The molecule has 0 aromatic heterocycles. The Balaban J connectivity index is 2.20. The normalized spacial score (nSPS) is 14.6. The van der Waals surface area contributed by atoms with Gasteiger partial charge in [-0.2, -0.15) is 0 Å². The molecule has 7 heteroatoms. The zero-order chi connectivity index (χ0) is 15.0. The van der Waals surface area contributed by atoms with E-state index in [0.29, 0.717) is 6.54 Å². The lowest BCUT2D eigenvalue weighted by Gasteiger charge is -2.12. The summed E-state index contributed by atoms with van der Waals surface area (Å²) in [5, 5.41) is 13.9. The molecule has 0 saturated heterocycles. The van der Waals surface area contributed by atoms with Crippen LogP contribution in [0.3, 0.4) is 0 Å². The second-order valence-corrected chi connectivity index (χ2v) is 4.55. The number of aliphatic carboxylic acids is 1. The van der Waals surface area contributed by atoms with Crippen molar-refractivity contribution in [2.75, 3.05) is 6.54 Å². The minimum absolute atomic E-state index is 0.0623. The lowest BCUT2D eigenvalue weighted by atomic mass is 10.1. The molecule has 1 aliphatic heterocycles. The van der Waals surface area contributed by atoms with Crippen LogP contribution in [0.2, 0.25) is 0 Å². The molecule has 1 atom stereocenters. The number of carboxylic acid groups (broad SMARTS) is 1. The molecule has 0 aliphatic carbocycles. The summed E-state index contributed by atoms with van der Waals surface area (Å²) in [6.45, 7) is 1.75. The summed E-state index contributed by atoms with van der Waals surface area (Å²) in [4.78, 5) is 37.2. The summed E-state index contributed by atoms with van der Waals surface area (Å²) in [7, 11) is 0. The first kappa shape index (κ1) is 15.9. The molecule has 0 aromatic carbocycles. The van der Waals surface area contributed by atoms with Crippen LogP contribution in [-0.4, -0.2) is 41.7 Å². The summed E-state index contributed by atoms with van der Waals surface area (Å²) in [6, 6.07) is -1.02. The highest BCUT2D eigenvalue weighted by Crippen LogP contribution is 2.09. The van der Waals surface area contributed by atoms with E-state index < -0.39 is 17.9 Å². The summed E-state index contributed by atoms with van der Waals surface area (Å²) >= 11 is 0. The van der Waals surface area contributed by atoms with Crippen LogP contribution in [0.1, 0.15) is 32.6 Å². The van der Waals surface area contributed by atoms with E-state index in [9.17, 15) is 14.4 Å². The Morgan fingerprint density at radius 3 is 2.75 bits per heavy atom. The van der Waals surface area contributed by atoms with Gasteiger partial charge in [0.15, 0.2) is 0 Å². The molecule has 1 rings (SSSR count). The molecule has 0 aromatic rings. The summed E-state index contributed by atoms with van der Waals surface area (Å²) in [5.74, 6) is -1.78. The van der Waals surface area contributed by atoms with E-state index in [1.54, 1.807) is 6.20 Å². The molecule has 0 saturated carbocycles. The van der Waals surface area contributed by atoms with Crippen LogP contribution in [0.15, 0.2) is 16.8 Å². The Morgan fingerprint density at radius 1 is 1.45 bits per heavy atom. The van der Waals surface area contributed by atoms with Gasteiger partial charge in [-0.15, -0.1) is 0 Å². The van der Waals surface area contributed by atoms with Gasteiger partial charge in [-0.3, -0.25) is 14.6 Å². The van der Waals surface area contributed by atoms with Gasteiger partial charge in [0.25, 0.3) is 0 Å². The summed E-state index contributed by atoms with van der Waals surface area (Å²) < 4.78 is 0. The maximum atomic E-state index is 11.6. The van der Waals surface area contributed by atoms with Crippen molar-refractivity contribution in [1.82, 2.24) is 10.6 Å². The lowest BCUT2D eigenvalue weighted by Crippen LogP contribution is -2.40. The fourth-order valence-electron chi connectivity index (χ4n) is 1.78. The number of nitrogens with zero attached hydrogens (tertiary/aromatic N) is 1. The van der Waals surface area contributed by atoms with E-state index in [-0.39, 0.29) is 18.7 Å². The molecule has 0 radical (unpaired) electrons. The van der Waals surface area contributed by atoms with Gasteiger partial charge in [-0.1, -0.05) is 0 Å². The Labute approximate surface area is 117 Å². The topological polar surface area (TPSA) is 108 Å². The van der Waals surface area contributed by atoms with Crippen LogP contribution in [-0.2, 0) is 14.4 Å². The number of hydrogen-bond donors (Lipinski definition) is 3. The molecule has 0 spiro atoms. The number of aliphatic imine (C=N–C) groups is 1. The van der Waals surface area contributed by atoms with Crippen molar-refractivity contribution in [3.8, 4) is 0 Å². The Kier molecular flexibility index (Phi) is 6.42.